The van der Waals surface area contributed by atoms with Crippen molar-refractivity contribution >= 4 is 32.8 Å². The summed E-state index contributed by atoms with van der Waals surface area (Å²) in [6.07, 6.45) is 6.02. The summed E-state index contributed by atoms with van der Waals surface area (Å²) in [6, 6.07) is 29.8. The first-order chi connectivity index (χ1) is 13.4. The van der Waals surface area contributed by atoms with Gasteiger partial charge in [-0.2, -0.15) is 5.10 Å². The number of rotatable bonds is 2. The van der Waals surface area contributed by atoms with E-state index in [0.29, 0.717) is 0 Å². The lowest BCUT2D eigenvalue weighted by molar-refractivity contribution is 0.973. The lowest BCUT2D eigenvalue weighted by Gasteiger charge is -2.15. The van der Waals surface area contributed by atoms with Gasteiger partial charge in [-0.1, -0.05) is 91.0 Å². The second kappa shape index (κ2) is 6.58. The zero-order valence-corrected chi connectivity index (χ0v) is 14.8. The molecular formula is C25H18N2. The van der Waals surface area contributed by atoms with Crippen molar-refractivity contribution in [2.75, 3.05) is 0 Å². The second-order valence-electron chi connectivity index (χ2n) is 6.58. The fourth-order valence-corrected chi connectivity index (χ4v) is 3.74. The summed E-state index contributed by atoms with van der Waals surface area (Å²) < 4.78 is 0. The highest BCUT2D eigenvalue weighted by Gasteiger charge is 2.17. The van der Waals surface area contributed by atoms with Gasteiger partial charge in [-0.25, -0.2) is 0 Å². The lowest BCUT2D eigenvalue weighted by atomic mass is 9.90. The minimum Gasteiger partial charge on any atom is -0.285 e. The third-order valence-corrected chi connectivity index (χ3v) is 4.99. The normalized spacial score (nSPS) is 13.8. The molecule has 0 spiro atoms. The Hall–Kier alpha value is -3.65. The van der Waals surface area contributed by atoms with E-state index in [1.54, 1.807) is 0 Å². The van der Waals surface area contributed by atoms with Crippen LogP contribution in [0.2, 0.25) is 0 Å². The molecule has 5 rings (SSSR count). The molecule has 4 aromatic rings. The van der Waals surface area contributed by atoms with E-state index in [1.165, 1.54) is 27.1 Å². The topological polar surface area (TPSA) is 24.4 Å². The molecule has 0 aromatic heterocycles. The van der Waals surface area contributed by atoms with Crippen LogP contribution in [0.3, 0.4) is 0 Å². The summed E-state index contributed by atoms with van der Waals surface area (Å²) in [6.45, 7) is 0. The summed E-state index contributed by atoms with van der Waals surface area (Å²) in [5.41, 5.74) is 7.45. The van der Waals surface area contributed by atoms with Gasteiger partial charge in [-0.3, -0.25) is 5.43 Å². The first-order valence-corrected chi connectivity index (χ1v) is 9.08. The average Bonchev–Trinajstić information content (AvgIpc) is 2.99. The Morgan fingerprint density at radius 1 is 0.593 bits per heavy atom. The van der Waals surface area contributed by atoms with E-state index in [2.05, 4.69) is 96.4 Å². The minimum atomic E-state index is 0.952. The van der Waals surface area contributed by atoms with Gasteiger partial charge in [0.25, 0.3) is 0 Å². The minimum absolute atomic E-state index is 0.952. The molecule has 1 heterocycles. The van der Waals surface area contributed by atoms with Gasteiger partial charge in [-0.15, -0.1) is 0 Å². The van der Waals surface area contributed by atoms with E-state index in [-0.39, 0.29) is 0 Å². The quantitative estimate of drug-likeness (QED) is 0.480. The summed E-state index contributed by atoms with van der Waals surface area (Å²) >= 11 is 0. The molecule has 0 radical (unpaired) electrons. The van der Waals surface area contributed by atoms with Gasteiger partial charge in [-0.05, 0) is 33.2 Å². The molecule has 0 amide bonds. The van der Waals surface area contributed by atoms with Gasteiger partial charge < -0.3 is 0 Å². The van der Waals surface area contributed by atoms with E-state index in [1.807, 2.05) is 12.3 Å². The standard InChI is InChI=1S/C25H18N2/c1-3-12-20-18(8-1)10-5-14-22(20)24-16-7-17-26-27-25(24)23-15-6-11-19-9-2-4-13-21(19)23/h1-17,26H. The highest BCUT2D eigenvalue weighted by atomic mass is 15.3. The van der Waals surface area contributed by atoms with E-state index in [4.69, 9.17) is 5.10 Å². The Kier molecular flexibility index (Phi) is 3.80. The van der Waals surface area contributed by atoms with E-state index < -0.39 is 0 Å². The average molecular weight is 346 g/mol. The van der Waals surface area contributed by atoms with Crippen LogP contribution in [0.1, 0.15) is 11.1 Å². The highest BCUT2D eigenvalue weighted by Crippen LogP contribution is 2.31. The maximum absolute atomic E-state index is 4.72. The fourth-order valence-electron chi connectivity index (χ4n) is 3.74. The van der Waals surface area contributed by atoms with Gasteiger partial charge in [0.15, 0.2) is 0 Å². The first-order valence-electron chi connectivity index (χ1n) is 9.08. The zero-order chi connectivity index (χ0) is 18.1. The summed E-state index contributed by atoms with van der Waals surface area (Å²) in [4.78, 5) is 0. The molecule has 0 saturated carbocycles. The molecule has 27 heavy (non-hydrogen) atoms. The van der Waals surface area contributed by atoms with Crippen LogP contribution in [-0.2, 0) is 0 Å². The molecular weight excluding hydrogens is 328 g/mol. The van der Waals surface area contributed by atoms with Crippen molar-refractivity contribution in [3.63, 3.8) is 0 Å². The fraction of sp³-hybridized carbons (Fsp3) is 0. The van der Waals surface area contributed by atoms with Crippen molar-refractivity contribution in [3.05, 3.63) is 114 Å². The van der Waals surface area contributed by atoms with E-state index >= 15 is 0 Å². The smallest absolute Gasteiger partial charge is 0.0990 e. The predicted octanol–water partition coefficient (Wildman–Crippen LogP) is 5.90. The van der Waals surface area contributed by atoms with Crippen LogP contribution in [-0.4, -0.2) is 5.71 Å². The lowest BCUT2D eigenvalue weighted by Crippen LogP contribution is -2.09. The number of fused-ring (bicyclic) bond motifs is 2. The van der Waals surface area contributed by atoms with Gasteiger partial charge in [0.05, 0.1) is 5.71 Å². The van der Waals surface area contributed by atoms with Crippen LogP contribution in [0.25, 0.3) is 27.1 Å². The van der Waals surface area contributed by atoms with Crippen LogP contribution in [0.15, 0.2) is 108 Å². The third-order valence-electron chi connectivity index (χ3n) is 4.99. The van der Waals surface area contributed by atoms with Crippen LogP contribution in [0.4, 0.5) is 0 Å². The van der Waals surface area contributed by atoms with Crippen LogP contribution in [0.5, 0.6) is 0 Å². The number of benzene rings is 4. The van der Waals surface area contributed by atoms with Crippen molar-refractivity contribution in [3.8, 4) is 0 Å². The maximum Gasteiger partial charge on any atom is 0.0990 e. The molecule has 2 heteroatoms. The zero-order valence-electron chi connectivity index (χ0n) is 14.8. The molecule has 0 saturated heterocycles. The van der Waals surface area contributed by atoms with Crippen molar-refractivity contribution < 1.29 is 0 Å². The number of nitrogens with one attached hydrogen (secondary N) is 1. The van der Waals surface area contributed by atoms with Gasteiger partial charge in [0, 0.05) is 17.3 Å². The summed E-state index contributed by atoms with van der Waals surface area (Å²) in [5.74, 6) is 0. The number of hydrogen-bond donors (Lipinski definition) is 1. The van der Waals surface area contributed by atoms with Crippen molar-refractivity contribution in [1.82, 2.24) is 5.43 Å². The van der Waals surface area contributed by atoms with Crippen LogP contribution < -0.4 is 5.43 Å². The first kappa shape index (κ1) is 15.6. The Morgan fingerprint density at radius 3 is 1.93 bits per heavy atom. The molecule has 0 aliphatic carbocycles. The highest BCUT2D eigenvalue weighted by molar-refractivity contribution is 6.36. The molecule has 1 aliphatic rings. The van der Waals surface area contributed by atoms with E-state index in [9.17, 15) is 0 Å². The number of hydrogen-bond acceptors (Lipinski definition) is 2. The predicted molar refractivity (Wildman–Crippen MR) is 115 cm³/mol. The van der Waals surface area contributed by atoms with Crippen molar-refractivity contribution in [1.29, 1.82) is 0 Å². The van der Waals surface area contributed by atoms with E-state index in [0.717, 1.165) is 16.8 Å². The van der Waals surface area contributed by atoms with Gasteiger partial charge in [0.1, 0.15) is 0 Å². The second-order valence-corrected chi connectivity index (χ2v) is 6.58. The molecule has 0 unspecified atom stereocenters. The van der Waals surface area contributed by atoms with Crippen LogP contribution in [0, 0.1) is 0 Å². The molecule has 0 atom stereocenters. The summed E-state index contributed by atoms with van der Waals surface area (Å²) in [5, 5.41) is 9.60. The van der Waals surface area contributed by atoms with Crippen LogP contribution >= 0.6 is 0 Å². The molecule has 1 N–H and O–H groups in total. The Balaban J connectivity index is 1.77. The maximum atomic E-state index is 4.72. The molecule has 1 aliphatic heterocycles. The molecule has 4 aromatic carbocycles. The van der Waals surface area contributed by atoms with Gasteiger partial charge >= 0.3 is 0 Å². The van der Waals surface area contributed by atoms with Gasteiger partial charge in [0.2, 0.25) is 0 Å². The Morgan fingerprint density at radius 2 is 1.19 bits per heavy atom. The molecule has 2 nitrogen and oxygen atoms in total. The van der Waals surface area contributed by atoms with Crippen molar-refractivity contribution in [2.45, 2.75) is 0 Å². The number of hydrazone groups is 1. The Bertz CT molecular complexity index is 1230. The molecule has 128 valence electrons. The third kappa shape index (κ3) is 2.72. The molecule has 0 bridgehead atoms. The van der Waals surface area contributed by atoms with Crippen molar-refractivity contribution in [2.24, 2.45) is 5.10 Å². The molecule has 0 fully saturated rings. The monoisotopic (exact) mass is 346 g/mol. The Labute approximate surface area is 158 Å². The largest absolute Gasteiger partial charge is 0.285 e. The summed E-state index contributed by atoms with van der Waals surface area (Å²) in [7, 11) is 0. The SMILES string of the molecule is C1=CNN=C(c2cccc3ccccc23)C(c2cccc3ccccc23)=C1. The number of allylic oxidation sites excluding steroid dienone is 3. The number of nitrogens with zero attached hydrogens (tertiary/aromatic N) is 1.